The standard InChI is InChI=1S/C13H13F3N2O4/c14-13(15,16)9-2-1-5-17(7-9)12(20)8-3-4-10(18(21)22)11(19)6-8/h3-4,6,9,19H,1-2,5,7H2. The van der Waals surface area contributed by atoms with Crippen molar-refractivity contribution >= 4 is 11.6 Å². The predicted molar refractivity (Wildman–Crippen MR) is 69.4 cm³/mol. The van der Waals surface area contributed by atoms with E-state index >= 15 is 0 Å². The third-order valence-electron chi connectivity index (χ3n) is 3.59. The minimum atomic E-state index is -4.36. The molecule has 1 aromatic rings. The number of piperidine rings is 1. The number of nitro benzene ring substituents is 1. The number of likely N-dealkylation sites (tertiary alicyclic amines) is 1. The largest absolute Gasteiger partial charge is 0.502 e. The molecule has 2 rings (SSSR count). The number of phenols is 1. The van der Waals surface area contributed by atoms with Gasteiger partial charge in [-0.05, 0) is 25.0 Å². The summed E-state index contributed by atoms with van der Waals surface area (Å²) in [6.07, 6.45) is -4.16. The highest BCUT2D eigenvalue weighted by Crippen LogP contribution is 2.34. The van der Waals surface area contributed by atoms with E-state index in [2.05, 4.69) is 0 Å². The number of hydrogen-bond acceptors (Lipinski definition) is 4. The minimum Gasteiger partial charge on any atom is -0.502 e. The Balaban J connectivity index is 2.17. The molecule has 0 saturated carbocycles. The summed E-state index contributed by atoms with van der Waals surface area (Å²) in [6, 6.07) is 2.98. The van der Waals surface area contributed by atoms with Crippen LogP contribution in [0, 0.1) is 16.0 Å². The van der Waals surface area contributed by atoms with Crippen LogP contribution in [-0.2, 0) is 0 Å². The Morgan fingerprint density at radius 2 is 2.09 bits per heavy atom. The van der Waals surface area contributed by atoms with Gasteiger partial charge < -0.3 is 10.0 Å². The van der Waals surface area contributed by atoms with Crippen molar-refractivity contribution in [1.82, 2.24) is 4.90 Å². The highest BCUT2D eigenvalue weighted by atomic mass is 19.4. The van der Waals surface area contributed by atoms with Crippen LogP contribution in [-0.4, -0.2) is 40.1 Å². The van der Waals surface area contributed by atoms with Crippen molar-refractivity contribution in [3.05, 3.63) is 33.9 Å². The number of phenolic OH excluding ortho intramolecular Hbond substituents is 1. The van der Waals surface area contributed by atoms with Crippen LogP contribution < -0.4 is 0 Å². The maximum atomic E-state index is 12.7. The van der Waals surface area contributed by atoms with Gasteiger partial charge >= 0.3 is 11.9 Å². The number of nitrogens with zero attached hydrogens (tertiary/aromatic N) is 2. The van der Waals surface area contributed by atoms with Gasteiger partial charge in [-0.15, -0.1) is 0 Å². The molecule has 1 atom stereocenters. The summed E-state index contributed by atoms with van der Waals surface area (Å²) in [5.41, 5.74) is -0.644. The number of hydrogen-bond donors (Lipinski definition) is 1. The van der Waals surface area contributed by atoms with Crippen molar-refractivity contribution in [2.75, 3.05) is 13.1 Å². The summed E-state index contributed by atoms with van der Waals surface area (Å²) in [4.78, 5) is 23.0. The number of amides is 1. The van der Waals surface area contributed by atoms with Crippen LogP contribution in [0.3, 0.4) is 0 Å². The number of alkyl halides is 3. The molecule has 1 fully saturated rings. The molecule has 0 bridgehead atoms. The Labute approximate surface area is 123 Å². The van der Waals surface area contributed by atoms with Gasteiger partial charge in [0.2, 0.25) is 0 Å². The normalized spacial score (nSPS) is 19.0. The summed E-state index contributed by atoms with van der Waals surface area (Å²) in [7, 11) is 0. The monoisotopic (exact) mass is 318 g/mol. The first-order chi connectivity index (χ1) is 10.2. The number of nitro groups is 1. The van der Waals surface area contributed by atoms with Crippen molar-refractivity contribution in [2.45, 2.75) is 19.0 Å². The van der Waals surface area contributed by atoms with E-state index in [1.54, 1.807) is 0 Å². The van der Waals surface area contributed by atoms with Gasteiger partial charge in [-0.25, -0.2) is 0 Å². The molecule has 0 radical (unpaired) electrons. The van der Waals surface area contributed by atoms with E-state index < -0.39 is 40.9 Å². The summed E-state index contributed by atoms with van der Waals surface area (Å²) in [5.74, 6) is -2.95. The predicted octanol–water partition coefficient (Wildman–Crippen LogP) is 2.71. The fourth-order valence-corrected chi connectivity index (χ4v) is 2.42. The minimum absolute atomic E-state index is 0.0290. The zero-order chi connectivity index (χ0) is 16.5. The van der Waals surface area contributed by atoms with Crippen molar-refractivity contribution in [1.29, 1.82) is 0 Å². The first-order valence-electron chi connectivity index (χ1n) is 6.53. The van der Waals surface area contributed by atoms with E-state index in [4.69, 9.17) is 0 Å². The van der Waals surface area contributed by atoms with Crippen molar-refractivity contribution < 1.29 is 28.0 Å². The van der Waals surface area contributed by atoms with E-state index in [1.807, 2.05) is 0 Å². The molecule has 1 aromatic carbocycles. The lowest BCUT2D eigenvalue weighted by Gasteiger charge is -2.33. The number of carbonyl (C=O) groups is 1. The maximum Gasteiger partial charge on any atom is 0.393 e. The van der Waals surface area contributed by atoms with Gasteiger partial charge in [0.1, 0.15) is 0 Å². The number of halogens is 3. The van der Waals surface area contributed by atoms with Crippen LogP contribution in [0.5, 0.6) is 5.75 Å². The average Bonchev–Trinajstić information content (AvgIpc) is 2.45. The van der Waals surface area contributed by atoms with E-state index in [0.717, 1.165) is 23.1 Å². The van der Waals surface area contributed by atoms with Gasteiger partial charge in [0.05, 0.1) is 10.8 Å². The van der Waals surface area contributed by atoms with Gasteiger partial charge in [0, 0.05) is 24.7 Å². The summed E-state index contributed by atoms with van der Waals surface area (Å²) in [5, 5.41) is 20.1. The highest BCUT2D eigenvalue weighted by Gasteiger charge is 2.42. The summed E-state index contributed by atoms with van der Waals surface area (Å²) >= 11 is 0. The van der Waals surface area contributed by atoms with Crippen LogP contribution in [0.1, 0.15) is 23.2 Å². The summed E-state index contributed by atoms with van der Waals surface area (Å²) < 4.78 is 38.2. The molecule has 1 aliphatic heterocycles. The van der Waals surface area contributed by atoms with Gasteiger partial charge in [-0.3, -0.25) is 14.9 Å². The Hall–Kier alpha value is -2.32. The Bertz CT molecular complexity index is 603. The molecule has 1 saturated heterocycles. The SMILES string of the molecule is O=C(c1ccc([N+](=O)[O-])c(O)c1)N1CCCC(C(F)(F)F)C1. The lowest BCUT2D eigenvalue weighted by atomic mass is 9.97. The zero-order valence-corrected chi connectivity index (χ0v) is 11.3. The Morgan fingerprint density at radius 3 is 2.64 bits per heavy atom. The first-order valence-corrected chi connectivity index (χ1v) is 6.53. The second-order valence-corrected chi connectivity index (χ2v) is 5.09. The van der Waals surface area contributed by atoms with E-state index in [1.165, 1.54) is 0 Å². The molecule has 1 aliphatic rings. The number of rotatable bonds is 2. The third-order valence-corrected chi connectivity index (χ3v) is 3.59. The smallest absolute Gasteiger partial charge is 0.393 e. The summed E-state index contributed by atoms with van der Waals surface area (Å²) in [6.45, 7) is -0.261. The Morgan fingerprint density at radius 1 is 1.41 bits per heavy atom. The fourth-order valence-electron chi connectivity index (χ4n) is 2.42. The molecule has 6 nitrogen and oxygen atoms in total. The van der Waals surface area contributed by atoms with Crippen LogP contribution >= 0.6 is 0 Å². The fraction of sp³-hybridized carbons (Fsp3) is 0.462. The zero-order valence-electron chi connectivity index (χ0n) is 11.3. The molecule has 0 aliphatic carbocycles. The second-order valence-electron chi connectivity index (χ2n) is 5.09. The first kappa shape index (κ1) is 16.1. The molecule has 9 heteroatoms. The van der Waals surface area contributed by atoms with Crippen LogP contribution in [0.2, 0.25) is 0 Å². The lowest BCUT2D eigenvalue weighted by Crippen LogP contribution is -2.44. The van der Waals surface area contributed by atoms with E-state index in [0.29, 0.717) is 0 Å². The molecule has 0 aromatic heterocycles. The van der Waals surface area contributed by atoms with Crippen LogP contribution in [0.4, 0.5) is 18.9 Å². The third kappa shape index (κ3) is 3.29. The molecule has 1 N–H and O–H groups in total. The average molecular weight is 318 g/mol. The highest BCUT2D eigenvalue weighted by molar-refractivity contribution is 5.95. The lowest BCUT2D eigenvalue weighted by molar-refractivity contribution is -0.385. The number of carbonyl (C=O) groups excluding carboxylic acids is 1. The molecule has 1 heterocycles. The second kappa shape index (κ2) is 5.82. The molecule has 120 valence electrons. The van der Waals surface area contributed by atoms with Crippen molar-refractivity contribution in [2.24, 2.45) is 5.92 Å². The van der Waals surface area contributed by atoms with Gasteiger partial charge in [0.15, 0.2) is 5.75 Å². The van der Waals surface area contributed by atoms with Gasteiger partial charge in [0.25, 0.3) is 5.91 Å². The quantitative estimate of drug-likeness (QED) is 0.671. The molecular weight excluding hydrogens is 305 g/mol. The van der Waals surface area contributed by atoms with Crippen LogP contribution in [0.25, 0.3) is 0 Å². The van der Waals surface area contributed by atoms with Crippen molar-refractivity contribution in [3.63, 3.8) is 0 Å². The Kier molecular flexibility index (Phi) is 4.25. The molecule has 0 spiro atoms. The van der Waals surface area contributed by atoms with Gasteiger partial charge in [-0.1, -0.05) is 0 Å². The molecule has 1 unspecified atom stereocenters. The topological polar surface area (TPSA) is 83.7 Å². The van der Waals surface area contributed by atoms with Gasteiger partial charge in [-0.2, -0.15) is 13.2 Å². The van der Waals surface area contributed by atoms with Crippen molar-refractivity contribution in [3.8, 4) is 5.75 Å². The number of aromatic hydroxyl groups is 1. The molecule has 22 heavy (non-hydrogen) atoms. The molecule has 1 amide bonds. The molecular formula is C13H13F3N2O4. The van der Waals surface area contributed by atoms with E-state index in [9.17, 15) is 33.2 Å². The number of benzene rings is 1. The van der Waals surface area contributed by atoms with E-state index in [-0.39, 0.29) is 24.9 Å². The maximum absolute atomic E-state index is 12.7. The van der Waals surface area contributed by atoms with Crippen LogP contribution in [0.15, 0.2) is 18.2 Å².